The Labute approximate surface area is 62.1 Å². The first-order chi connectivity index (χ1) is 2.00. The molecule has 0 aliphatic rings. The molecule has 0 saturated heterocycles. The van der Waals surface area contributed by atoms with Crippen molar-refractivity contribution in [3.8, 4) is 0 Å². The predicted molar refractivity (Wildman–Crippen MR) is 23.3 cm³/mol. The van der Waals surface area contributed by atoms with Gasteiger partial charge < -0.3 is 19.2 Å². The molecule has 4 nitrogen and oxygen atoms in total. The summed E-state index contributed by atoms with van der Waals surface area (Å²) >= 11 is 0. The molecule has 0 fully saturated rings. The SMILES string of the molecule is O=P([O-])([O-])[O-].[Al+3].[AlH3]. The van der Waals surface area contributed by atoms with E-state index in [4.69, 9.17) is 19.2 Å². The van der Waals surface area contributed by atoms with Crippen LogP contribution in [0.2, 0.25) is 0 Å². The summed E-state index contributed by atoms with van der Waals surface area (Å²) < 4.78 is 8.55. The number of hydrogen-bond donors (Lipinski definition) is 0. The van der Waals surface area contributed by atoms with Crippen molar-refractivity contribution >= 4 is 42.5 Å². The normalized spacial score (nSPS) is 8.43. The van der Waals surface area contributed by atoms with Crippen molar-refractivity contribution in [2.24, 2.45) is 0 Å². The Morgan fingerprint density at radius 3 is 1.14 bits per heavy atom. The molecule has 0 amide bonds. The summed E-state index contributed by atoms with van der Waals surface area (Å²) in [6.07, 6.45) is 0. The Bertz CT molecular complexity index is 55.8. The topological polar surface area (TPSA) is 86.2 Å². The smallest absolute Gasteiger partial charge is 0.822 e. The van der Waals surface area contributed by atoms with Gasteiger partial charge in [0.05, 0.1) is 0 Å². The zero-order valence-corrected chi connectivity index (χ0v) is 4.71. The third kappa shape index (κ3) is 139. The second-order valence-corrected chi connectivity index (χ2v) is 1.34. The van der Waals surface area contributed by atoms with Crippen LogP contribution in [0.4, 0.5) is 0 Å². The van der Waals surface area contributed by atoms with Crippen LogP contribution in [0.3, 0.4) is 0 Å². The van der Waals surface area contributed by atoms with Gasteiger partial charge in [0, 0.05) is 0 Å². The molecule has 0 spiro atoms. The van der Waals surface area contributed by atoms with E-state index in [2.05, 4.69) is 0 Å². The molecule has 0 radical (unpaired) electrons. The summed E-state index contributed by atoms with van der Waals surface area (Å²) in [6, 6.07) is 0. The zero-order chi connectivity index (χ0) is 4.50. The van der Waals surface area contributed by atoms with E-state index in [1.165, 1.54) is 0 Å². The van der Waals surface area contributed by atoms with Crippen LogP contribution in [-0.4, -0.2) is 34.7 Å². The molecular formula is H3Al2O4P. The molecule has 0 aromatic rings. The van der Waals surface area contributed by atoms with Crippen LogP contribution in [0.25, 0.3) is 0 Å². The Kier molecular flexibility index (Phi) is 11.9. The van der Waals surface area contributed by atoms with Gasteiger partial charge in [0.25, 0.3) is 0 Å². The molecule has 0 aromatic carbocycles. The van der Waals surface area contributed by atoms with Gasteiger partial charge in [0.2, 0.25) is 0 Å². The van der Waals surface area contributed by atoms with E-state index in [-0.39, 0.29) is 34.7 Å². The molecule has 0 atom stereocenters. The van der Waals surface area contributed by atoms with Crippen LogP contribution < -0.4 is 14.7 Å². The van der Waals surface area contributed by atoms with Crippen LogP contribution in [0.15, 0.2) is 0 Å². The van der Waals surface area contributed by atoms with Crippen molar-refractivity contribution in [1.29, 1.82) is 0 Å². The van der Waals surface area contributed by atoms with Crippen molar-refractivity contribution in [2.45, 2.75) is 0 Å². The number of phosphoric acid groups is 1. The van der Waals surface area contributed by atoms with E-state index in [1.807, 2.05) is 0 Å². The molecule has 38 valence electrons. The maximum Gasteiger partial charge on any atom is 3.00 e. The van der Waals surface area contributed by atoms with Crippen molar-refractivity contribution in [1.82, 2.24) is 0 Å². The van der Waals surface area contributed by atoms with Crippen LogP contribution in [0.5, 0.6) is 0 Å². The summed E-state index contributed by atoms with van der Waals surface area (Å²) in [6.45, 7) is 0. The maximum absolute atomic E-state index is 8.55. The first-order valence-electron chi connectivity index (χ1n) is 0.730. The minimum absolute atomic E-state index is 0. The third-order valence-electron chi connectivity index (χ3n) is 0. The Balaban J connectivity index is -0.0000000800. The van der Waals surface area contributed by atoms with Gasteiger partial charge >= 0.3 is 17.4 Å². The van der Waals surface area contributed by atoms with Gasteiger partial charge in [-0.3, -0.25) is 0 Å². The summed E-state index contributed by atoms with van der Waals surface area (Å²) in [5, 5.41) is 0. The van der Waals surface area contributed by atoms with Gasteiger partial charge in [0.1, 0.15) is 0 Å². The van der Waals surface area contributed by atoms with Gasteiger partial charge in [-0.05, 0) is 0 Å². The number of rotatable bonds is 0. The Morgan fingerprint density at radius 2 is 1.14 bits per heavy atom. The summed E-state index contributed by atoms with van der Waals surface area (Å²) in [5.74, 6) is 0. The quantitative estimate of drug-likeness (QED) is 0.259. The average molecular weight is 152 g/mol. The van der Waals surface area contributed by atoms with E-state index < -0.39 is 7.82 Å². The second-order valence-electron chi connectivity index (χ2n) is 0.447. The molecule has 0 saturated carbocycles. The minimum Gasteiger partial charge on any atom is -0.822 e. The summed E-state index contributed by atoms with van der Waals surface area (Å²) in [7, 11) is -5.39. The van der Waals surface area contributed by atoms with Gasteiger partial charge in [-0.1, -0.05) is 0 Å². The predicted octanol–water partition coefficient (Wildman–Crippen LogP) is -4.39. The van der Waals surface area contributed by atoms with Crippen molar-refractivity contribution in [3.05, 3.63) is 0 Å². The standard InChI is InChI=1S/2Al.H3O4P.3H/c;;1-5(2,3)4;;;/h;;(H3,1,2,3,4);;;/q;+3;;;;/p-3. The zero-order valence-electron chi connectivity index (χ0n) is 2.66. The molecule has 0 aliphatic heterocycles. The van der Waals surface area contributed by atoms with Crippen molar-refractivity contribution in [3.63, 3.8) is 0 Å². The van der Waals surface area contributed by atoms with Gasteiger partial charge in [-0.15, -0.1) is 0 Å². The molecule has 0 N–H and O–H groups in total. The third-order valence-corrected chi connectivity index (χ3v) is 0. The molecule has 0 bridgehead atoms. The molecule has 0 aliphatic carbocycles. The first-order valence-corrected chi connectivity index (χ1v) is 2.19. The monoisotopic (exact) mass is 152 g/mol. The van der Waals surface area contributed by atoms with E-state index in [0.29, 0.717) is 0 Å². The molecule has 0 unspecified atom stereocenters. The van der Waals surface area contributed by atoms with Gasteiger partial charge in [-0.25, -0.2) is 0 Å². The van der Waals surface area contributed by atoms with Crippen LogP contribution in [0.1, 0.15) is 0 Å². The molecule has 0 aromatic heterocycles. The van der Waals surface area contributed by atoms with E-state index >= 15 is 0 Å². The Hall–Kier alpha value is 1.17. The minimum atomic E-state index is -5.39. The van der Waals surface area contributed by atoms with E-state index in [0.717, 1.165) is 0 Å². The molecule has 0 rings (SSSR count). The number of hydrogen-bond acceptors (Lipinski definition) is 4. The molecule has 7 heteroatoms. The van der Waals surface area contributed by atoms with E-state index in [1.54, 1.807) is 0 Å². The largest absolute Gasteiger partial charge is 3.00 e. The van der Waals surface area contributed by atoms with Crippen LogP contribution in [0, 0.1) is 0 Å². The van der Waals surface area contributed by atoms with Crippen LogP contribution in [-0.2, 0) is 4.57 Å². The Morgan fingerprint density at radius 1 is 1.14 bits per heavy atom. The van der Waals surface area contributed by atoms with Crippen LogP contribution >= 0.6 is 7.82 Å². The molecule has 7 heavy (non-hydrogen) atoms. The average Bonchev–Trinajstić information content (AvgIpc) is 0.722. The van der Waals surface area contributed by atoms with Crippen molar-refractivity contribution < 1.29 is 19.2 Å². The van der Waals surface area contributed by atoms with Crippen molar-refractivity contribution in [2.75, 3.05) is 0 Å². The molecule has 0 heterocycles. The second kappa shape index (κ2) is 5.31. The van der Waals surface area contributed by atoms with Gasteiger partial charge in [-0.2, -0.15) is 7.82 Å². The first kappa shape index (κ1) is 15.7. The van der Waals surface area contributed by atoms with Gasteiger partial charge in [0.15, 0.2) is 17.4 Å². The fourth-order valence-corrected chi connectivity index (χ4v) is 0. The summed E-state index contributed by atoms with van der Waals surface area (Å²) in [5.41, 5.74) is 0. The fourth-order valence-electron chi connectivity index (χ4n) is 0. The van der Waals surface area contributed by atoms with E-state index in [9.17, 15) is 0 Å². The molecular weight excluding hydrogens is 149 g/mol. The summed E-state index contributed by atoms with van der Waals surface area (Å²) in [4.78, 5) is 25.6. The maximum atomic E-state index is 8.55. The fraction of sp³-hybridized carbons (Fsp3) is 0.